The van der Waals surface area contributed by atoms with E-state index in [1.807, 2.05) is 6.07 Å². The number of carbonyl (C=O) groups is 1. The van der Waals surface area contributed by atoms with Crippen molar-refractivity contribution in [3.63, 3.8) is 0 Å². The van der Waals surface area contributed by atoms with Crippen LogP contribution < -0.4 is 19.6 Å². The lowest BCUT2D eigenvalue weighted by molar-refractivity contribution is -0.121. The van der Waals surface area contributed by atoms with Crippen LogP contribution in [-0.2, 0) is 4.79 Å². The minimum absolute atomic E-state index is 0.223. The molecule has 0 saturated heterocycles. The minimum Gasteiger partial charge on any atom is -0.493 e. The van der Waals surface area contributed by atoms with Gasteiger partial charge in [-0.25, -0.2) is 5.43 Å². The number of amides is 1. The van der Waals surface area contributed by atoms with Crippen LogP contribution in [0, 0.1) is 0 Å². The molecule has 0 spiro atoms. The zero-order valence-electron chi connectivity index (χ0n) is 15.0. The smallest absolute Gasteiger partial charge is 0.240 e. The molecule has 0 heterocycles. The summed E-state index contributed by atoms with van der Waals surface area (Å²) < 4.78 is 16.0. The predicted octanol–water partition coefficient (Wildman–Crippen LogP) is 4.32. The van der Waals surface area contributed by atoms with E-state index in [1.54, 1.807) is 44.6 Å². The molecular formula is C19H20Cl2N2O4. The van der Waals surface area contributed by atoms with Crippen molar-refractivity contribution < 1.29 is 19.0 Å². The first-order valence-corrected chi connectivity index (χ1v) is 8.91. The topological polar surface area (TPSA) is 69.2 Å². The summed E-state index contributed by atoms with van der Waals surface area (Å²) in [6.45, 7) is 0.349. The molecule has 27 heavy (non-hydrogen) atoms. The molecule has 0 aliphatic rings. The molecule has 1 amide bonds. The largest absolute Gasteiger partial charge is 0.493 e. The van der Waals surface area contributed by atoms with Gasteiger partial charge in [0.25, 0.3) is 0 Å². The highest BCUT2D eigenvalue weighted by Crippen LogP contribution is 2.29. The molecule has 0 saturated carbocycles. The molecule has 0 radical (unpaired) electrons. The Balaban J connectivity index is 1.77. The number of halogens is 2. The van der Waals surface area contributed by atoms with Gasteiger partial charge in [0, 0.05) is 17.0 Å². The average molecular weight is 411 g/mol. The van der Waals surface area contributed by atoms with E-state index < -0.39 is 0 Å². The van der Waals surface area contributed by atoms with E-state index in [0.717, 1.165) is 0 Å². The summed E-state index contributed by atoms with van der Waals surface area (Å²) >= 11 is 11.8. The summed E-state index contributed by atoms with van der Waals surface area (Å²) in [4.78, 5) is 11.9. The Kier molecular flexibility index (Phi) is 8.23. The molecule has 144 valence electrons. The molecule has 2 aromatic rings. The van der Waals surface area contributed by atoms with Crippen LogP contribution in [-0.4, -0.2) is 32.9 Å². The van der Waals surface area contributed by atoms with Gasteiger partial charge in [0.1, 0.15) is 5.75 Å². The summed E-state index contributed by atoms with van der Waals surface area (Å²) in [7, 11) is 3.10. The van der Waals surface area contributed by atoms with Gasteiger partial charge >= 0.3 is 0 Å². The van der Waals surface area contributed by atoms with Crippen LogP contribution in [0.5, 0.6) is 17.2 Å². The highest BCUT2D eigenvalue weighted by atomic mass is 35.5. The SMILES string of the molecule is COc1cccc(/C=N/NC(=O)CCCOc2ccc(Cl)cc2Cl)c1OC. The number of methoxy groups -OCH3 is 2. The number of benzene rings is 2. The van der Waals surface area contributed by atoms with Gasteiger partial charge in [-0.05, 0) is 36.8 Å². The maximum absolute atomic E-state index is 11.9. The Bertz CT molecular complexity index is 812. The highest BCUT2D eigenvalue weighted by Gasteiger charge is 2.08. The number of ether oxygens (including phenoxy) is 3. The normalized spacial score (nSPS) is 10.7. The van der Waals surface area contributed by atoms with Gasteiger partial charge in [0.2, 0.25) is 5.91 Å². The maximum atomic E-state index is 11.9. The van der Waals surface area contributed by atoms with E-state index in [2.05, 4.69) is 10.5 Å². The van der Waals surface area contributed by atoms with Crippen LogP contribution in [0.2, 0.25) is 10.0 Å². The van der Waals surface area contributed by atoms with Crippen molar-refractivity contribution >= 4 is 35.3 Å². The fourth-order valence-corrected chi connectivity index (χ4v) is 2.71. The molecule has 2 rings (SSSR count). The number of hydrogen-bond acceptors (Lipinski definition) is 5. The van der Waals surface area contributed by atoms with Crippen LogP contribution in [0.1, 0.15) is 18.4 Å². The summed E-state index contributed by atoms with van der Waals surface area (Å²) in [5.41, 5.74) is 3.16. The average Bonchev–Trinajstić information content (AvgIpc) is 2.66. The van der Waals surface area contributed by atoms with Crippen molar-refractivity contribution in [2.45, 2.75) is 12.8 Å². The van der Waals surface area contributed by atoms with Crippen LogP contribution in [0.25, 0.3) is 0 Å². The molecule has 0 aromatic heterocycles. The second-order valence-corrected chi connectivity index (χ2v) is 6.25. The first-order chi connectivity index (χ1) is 13.0. The standard InChI is InChI=1S/C19H20Cl2N2O4/c1-25-17-6-3-5-13(19(17)26-2)12-22-23-18(24)7-4-10-27-16-9-8-14(20)11-15(16)21/h3,5-6,8-9,11-12H,4,7,10H2,1-2H3,(H,23,24)/b22-12+. The van der Waals surface area contributed by atoms with Crippen LogP contribution in [0.15, 0.2) is 41.5 Å². The molecule has 0 aliphatic heterocycles. The molecule has 0 aliphatic carbocycles. The number of hydrogen-bond donors (Lipinski definition) is 1. The van der Waals surface area contributed by atoms with Crippen LogP contribution in [0.4, 0.5) is 0 Å². The second-order valence-electron chi connectivity index (χ2n) is 5.40. The molecule has 2 aromatic carbocycles. The van der Waals surface area contributed by atoms with E-state index in [0.29, 0.717) is 45.9 Å². The van der Waals surface area contributed by atoms with Crippen LogP contribution >= 0.6 is 23.2 Å². The van der Waals surface area contributed by atoms with Gasteiger partial charge in [0.15, 0.2) is 11.5 Å². The Morgan fingerprint density at radius 2 is 1.96 bits per heavy atom. The highest BCUT2D eigenvalue weighted by molar-refractivity contribution is 6.35. The van der Waals surface area contributed by atoms with Gasteiger partial charge in [-0.2, -0.15) is 5.10 Å². The van der Waals surface area contributed by atoms with Crippen molar-refractivity contribution in [1.82, 2.24) is 5.43 Å². The zero-order valence-corrected chi connectivity index (χ0v) is 16.5. The summed E-state index contributed by atoms with van der Waals surface area (Å²) in [5, 5.41) is 4.92. The third-order valence-corrected chi connectivity index (χ3v) is 4.06. The van der Waals surface area contributed by atoms with Gasteiger partial charge in [-0.3, -0.25) is 4.79 Å². The predicted molar refractivity (Wildman–Crippen MR) is 106 cm³/mol. The molecule has 0 bridgehead atoms. The monoisotopic (exact) mass is 410 g/mol. The first kappa shape index (κ1) is 20.9. The molecular weight excluding hydrogens is 391 g/mol. The van der Waals surface area contributed by atoms with Gasteiger partial charge in [0.05, 0.1) is 32.1 Å². The number of para-hydroxylation sites is 1. The van der Waals surface area contributed by atoms with Gasteiger partial charge in [-0.1, -0.05) is 29.3 Å². The van der Waals surface area contributed by atoms with E-state index >= 15 is 0 Å². The Morgan fingerprint density at radius 3 is 2.67 bits per heavy atom. The fourth-order valence-electron chi connectivity index (χ4n) is 2.25. The molecule has 8 heteroatoms. The lowest BCUT2D eigenvalue weighted by Crippen LogP contribution is -2.18. The molecule has 0 unspecified atom stereocenters. The maximum Gasteiger partial charge on any atom is 0.240 e. The van der Waals surface area contributed by atoms with Gasteiger partial charge < -0.3 is 14.2 Å². The van der Waals surface area contributed by atoms with Gasteiger partial charge in [-0.15, -0.1) is 0 Å². The lowest BCUT2D eigenvalue weighted by Gasteiger charge is -2.09. The van der Waals surface area contributed by atoms with Crippen molar-refractivity contribution in [2.75, 3.05) is 20.8 Å². The first-order valence-electron chi connectivity index (χ1n) is 8.16. The number of hydrazone groups is 1. The molecule has 0 fully saturated rings. The van der Waals surface area contributed by atoms with Crippen molar-refractivity contribution in [3.05, 3.63) is 52.0 Å². The minimum atomic E-state index is -0.223. The third-order valence-electron chi connectivity index (χ3n) is 3.53. The summed E-state index contributed by atoms with van der Waals surface area (Å²) in [6, 6.07) is 10.4. The quantitative estimate of drug-likeness (QED) is 0.379. The number of rotatable bonds is 9. The fraction of sp³-hybridized carbons (Fsp3) is 0.263. The van der Waals surface area contributed by atoms with Crippen LogP contribution in [0.3, 0.4) is 0 Å². The summed E-state index contributed by atoms with van der Waals surface area (Å²) in [6.07, 6.45) is 2.28. The molecule has 0 atom stereocenters. The summed E-state index contributed by atoms with van der Waals surface area (Å²) in [5.74, 6) is 1.44. The Hall–Kier alpha value is -2.44. The second kappa shape index (κ2) is 10.6. The lowest BCUT2D eigenvalue weighted by atomic mass is 10.2. The Labute approximate surface area is 168 Å². The van der Waals surface area contributed by atoms with Crippen molar-refractivity contribution in [2.24, 2.45) is 5.10 Å². The van der Waals surface area contributed by atoms with Crippen molar-refractivity contribution in [1.29, 1.82) is 0 Å². The van der Waals surface area contributed by atoms with E-state index in [1.165, 1.54) is 6.21 Å². The third kappa shape index (κ3) is 6.34. The van der Waals surface area contributed by atoms with Crippen molar-refractivity contribution in [3.8, 4) is 17.2 Å². The number of nitrogens with one attached hydrogen (secondary N) is 1. The zero-order chi connectivity index (χ0) is 19.6. The van der Waals surface area contributed by atoms with E-state index in [-0.39, 0.29) is 12.3 Å². The van der Waals surface area contributed by atoms with E-state index in [4.69, 9.17) is 37.4 Å². The Morgan fingerprint density at radius 1 is 1.15 bits per heavy atom. The number of carbonyl (C=O) groups excluding carboxylic acids is 1. The number of nitrogens with zero attached hydrogens (tertiary/aromatic N) is 1. The van der Waals surface area contributed by atoms with E-state index in [9.17, 15) is 4.79 Å². The molecule has 1 N–H and O–H groups in total. The molecule has 6 nitrogen and oxygen atoms in total.